The summed E-state index contributed by atoms with van der Waals surface area (Å²) in [5.74, 6) is -0.950. The molecule has 2 aromatic carbocycles. The smallest absolute Gasteiger partial charge is 0.337 e. The molecule has 6 nitrogen and oxygen atoms in total. The van der Waals surface area contributed by atoms with E-state index in [9.17, 15) is 14.0 Å². The summed E-state index contributed by atoms with van der Waals surface area (Å²) in [5, 5.41) is 4.53. The van der Waals surface area contributed by atoms with E-state index in [1.807, 2.05) is 13.8 Å². The summed E-state index contributed by atoms with van der Waals surface area (Å²) < 4.78 is 18.8. The zero-order chi connectivity index (χ0) is 21.4. The first-order valence-corrected chi connectivity index (χ1v) is 9.64. The Morgan fingerprint density at radius 1 is 1.10 bits per heavy atom. The second-order valence-corrected chi connectivity index (χ2v) is 7.33. The van der Waals surface area contributed by atoms with Crippen LogP contribution in [0.5, 0.6) is 0 Å². The van der Waals surface area contributed by atoms with Crippen molar-refractivity contribution >= 4 is 33.7 Å². The molecule has 0 spiro atoms. The highest BCUT2D eigenvalue weighted by atomic mass is 19.1. The number of nitrogens with one attached hydrogen (secondary N) is 3. The first kappa shape index (κ1) is 19.7. The number of ether oxygens (including phenoxy) is 1. The van der Waals surface area contributed by atoms with Crippen LogP contribution in [0.1, 0.15) is 37.7 Å². The van der Waals surface area contributed by atoms with Crippen molar-refractivity contribution in [3.63, 3.8) is 0 Å². The minimum Gasteiger partial charge on any atom is -0.465 e. The Morgan fingerprint density at radius 3 is 2.67 bits per heavy atom. The molecule has 154 valence electrons. The maximum Gasteiger partial charge on any atom is 0.337 e. The molecule has 0 aliphatic rings. The van der Waals surface area contributed by atoms with Crippen LogP contribution in [0.15, 0.2) is 36.4 Å². The van der Waals surface area contributed by atoms with Crippen LogP contribution in [0.3, 0.4) is 0 Å². The van der Waals surface area contributed by atoms with E-state index in [1.165, 1.54) is 13.2 Å². The largest absolute Gasteiger partial charge is 0.465 e. The third-order valence-electron chi connectivity index (χ3n) is 5.38. The summed E-state index contributed by atoms with van der Waals surface area (Å²) >= 11 is 0. The maximum atomic E-state index is 14.1. The van der Waals surface area contributed by atoms with Crippen LogP contribution in [0.4, 0.5) is 4.39 Å². The van der Waals surface area contributed by atoms with Gasteiger partial charge >= 0.3 is 5.97 Å². The molecule has 0 fully saturated rings. The van der Waals surface area contributed by atoms with Crippen molar-refractivity contribution in [2.24, 2.45) is 0 Å². The van der Waals surface area contributed by atoms with Gasteiger partial charge in [0.2, 0.25) is 0 Å². The second-order valence-electron chi connectivity index (χ2n) is 7.33. The molecule has 0 aliphatic heterocycles. The fourth-order valence-electron chi connectivity index (χ4n) is 3.85. The van der Waals surface area contributed by atoms with Gasteiger partial charge in [0.15, 0.2) is 0 Å². The van der Waals surface area contributed by atoms with Gasteiger partial charge in [-0.3, -0.25) is 4.79 Å². The number of aromatic amines is 2. The van der Waals surface area contributed by atoms with E-state index in [2.05, 4.69) is 15.3 Å². The van der Waals surface area contributed by atoms with E-state index in [0.717, 1.165) is 33.1 Å². The molecule has 30 heavy (non-hydrogen) atoms. The number of rotatable bonds is 5. The van der Waals surface area contributed by atoms with Gasteiger partial charge in [-0.2, -0.15) is 0 Å². The molecule has 2 heterocycles. The first-order valence-electron chi connectivity index (χ1n) is 9.64. The van der Waals surface area contributed by atoms with Crippen molar-refractivity contribution in [3.05, 3.63) is 70.3 Å². The molecule has 0 saturated carbocycles. The number of aryl methyl sites for hydroxylation is 2. The number of esters is 1. The van der Waals surface area contributed by atoms with Crippen LogP contribution >= 0.6 is 0 Å². The Balaban J connectivity index is 1.49. The standard InChI is InChI=1S/C23H22FN3O3/c1-12-4-6-17(24)21-20(12)16(13(2)26-21)8-9-25-22(28)19-11-15-10-14(23(29)30-3)5-7-18(15)27-19/h4-7,10-11,26-27H,8-9H2,1-3H3,(H,25,28). The summed E-state index contributed by atoms with van der Waals surface area (Å²) in [5.41, 5.74) is 4.99. The van der Waals surface area contributed by atoms with Crippen molar-refractivity contribution in [1.82, 2.24) is 15.3 Å². The average Bonchev–Trinajstić information content (AvgIpc) is 3.31. The maximum absolute atomic E-state index is 14.1. The number of carbonyl (C=O) groups excluding carboxylic acids is 2. The van der Waals surface area contributed by atoms with E-state index >= 15 is 0 Å². The number of aromatic nitrogens is 2. The van der Waals surface area contributed by atoms with E-state index < -0.39 is 5.97 Å². The minimum atomic E-state index is -0.426. The van der Waals surface area contributed by atoms with Gasteiger partial charge in [-0.25, -0.2) is 9.18 Å². The lowest BCUT2D eigenvalue weighted by Gasteiger charge is -2.06. The van der Waals surface area contributed by atoms with Crippen LogP contribution in [0, 0.1) is 19.7 Å². The topological polar surface area (TPSA) is 87.0 Å². The predicted octanol–water partition coefficient (Wildman–Crippen LogP) is 4.16. The van der Waals surface area contributed by atoms with Crippen molar-refractivity contribution in [1.29, 1.82) is 0 Å². The number of amides is 1. The van der Waals surface area contributed by atoms with Crippen LogP contribution in [-0.4, -0.2) is 35.5 Å². The molecule has 3 N–H and O–H groups in total. The van der Waals surface area contributed by atoms with Crippen molar-refractivity contribution in [3.8, 4) is 0 Å². The van der Waals surface area contributed by atoms with Crippen molar-refractivity contribution < 1.29 is 18.7 Å². The van der Waals surface area contributed by atoms with E-state index in [1.54, 1.807) is 30.3 Å². The molecule has 0 bridgehead atoms. The van der Waals surface area contributed by atoms with Crippen LogP contribution < -0.4 is 5.32 Å². The number of H-pyrrole nitrogens is 2. The molecular weight excluding hydrogens is 385 g/mol. The van der Waals surface area contributed by atoms with Gasteiger partial charge in [0, 0.05) is 28.5 Å². The zero-order valence-electron chi connectivity index (χ0n) is 17.0. The number of fused-ring (bicyclic) bond motifs is 2. The molecule has 2 aromatic heterocycles. The summed E-state index contributed by atoms with van der Waals surface area (Å²) in [6.07, 6.45) is 0.578. The lowest BCUT2D eigenvalue weighted by atomic mass is 10.0. The van der Waals surface area contributed by atoms with Crippen LogP contribution in [-0.2, 0) is 11.2 Å². The van der Waals surface area contributed by atoms with E-state index in [0.29, 0.717) is 29.7 Å². The van der Waals surface area contributed by atoms with Crippen LogP contribution in [0.2, 0.25) is 0 Å². The highest BCUT2D eigenvalue weighted by molar-refractivity contribution is 6.00. The molecule has 0 aliphatic carbocycles. The predicted molar refractivity (Wildman–Crippen MR) is 113 cm³/mol. The Kier molecular flexibility index (Phi) is 5.03. The third kappa shape index (κ3) is 3.43. The van der Waals surface area contributed by atoms with Gasteiger partial charge in [0.1, 0.15) is 11.5 Å². The lowest BCUT2D eigenvalue weighted by Crippen LogP contribution is -2.26. The van der Waals surface area contributed by atoms with Gasteiger partial charge in [-0.05, 0) is 61.7 Å². The number of benzene rings is 2. The average molecular weight is 407 g/mol. The third-order valence-corrected chi connectivity index (χ3v) is 5.38. The number of carbonyl (C=O) groups is 2. The Morgan fingerprint density at radius 2 is 1.90 bits per heavy atom. The van der Waals surface area contributed by atoms with Crippen LogP contribution in [0.25, 0.3) is 21.8 Å². The summed E-state index contributed by atoms with van der Waals surface area (Å²) in [6.45, 7) is 4.27. The molecule has 0 saturated heterocycles. The zero-order valence-corrected chi connectivity index (χ0v) is 17.0. The number of halogens is 1. The number of hydrogen-bond acceptors (Lipinski definition) is 3. The molecule has 1 amide bonds. The summed E-state index contributed by atoms with van der Waals surface area (Å²) in [7, 11) is 1.33. The molecule has 0 unspecified atom stereocenters. The molecule has 4 rings (SSSR count). The molecule has 0 atom stereocenters. The van der Waals surface area contributed by atoms with Crippen molar-refractivity contribution in [2.75, 3.05) is 13.7 Å². The van der Waals surface area contributed by atoms with E-state index in [-0.39, 0.29) is 11.7 Å². The van der Waals surface area contributed by atoms with E-state index in [4.69, 9.17) is 4.74 Å². The molecule has 7 heteroatoms. The second kappa shape index (κ2) is 7.67. The van der Waals surface area contributed by atoms with Crippen molar-refractivity contribution in [2.45, 2.75) is 20.3 Å². The minimum absolute atomic E-state index is 0.244. The lowest BCUT2D eigenvalue weighted by molar-refractivity contribution is 0.0600. The monoisotopic (exact) mass is 407 g/mol. The summed E-state index contributed by atoms with van der Waals surface area (Å²) in [6, 6.07) is 9.99. The highest BCUT2D eigenvalue weighted by Gasteiger charge is 2.15. The van der Waals surface area contributed by atoms with Gasteiger partial charge < -0.3 is 20.0 Å². The SMILES string of the molecule is COC(=O)c1ccc2[nH]c(C(=O)NCCc3c(C)[nH]c4c(F)ccc(C)c34)cc2c1. The van der Waals surface area contributed by atoms with Gasteiger partial charge in [-0.1, -0.05) is 6.07 Å². The fraction of sp³-hybridized carbons (Fsp3) is 0.217. The Bertz CT molecular complexity index is 1290. The number of hydrogen-bond donors (Lipinski definition) is 3. The molecule has 4 aromatic rings. The molecular formula is C23H22FN3O3. The van der Waals surface area contributed by atoms with Gasteiger partial charge in [0.25, 0.3) is 5.91 Å². The fourth-order valence-corrected chi connectivity index (χ4v) is 3.85. The first-order chi connectivity index (χ1) is 14.4. The molecule has 0 radical (unpaired) electrons. The number of methoxy groups -OCH3 is 1. The Labute approximate surface area is 172 Å². The summed E-state index contributed by atoms with van der Waals surface area (Å²) in [4.78, 5) is 30.4. The van der Waals surface area contributed by atoms with Gasteiger partial charge in [-0.15, -0.1) is 0 Å². The quantitative estimate of drug-likeness (QED) is 0.434. The normalized spacial score (nSPS) is 11.2. The Hall–Kier alpha value is -3.61. The van der Waals surface area contributed by atoms with Gasteiger partial charge in [0.05, 0.1) is 18.2 Å². The highest BCUT2D eigenvalue weighted by Crippen LogP contribution is 2.28.